The van der Waals surface area contributed by atoms with Crippen LogP contribution in [0, 0.1) is 0 Å². The van der Waals surface area contributed by atoms with E-state index in [1.54, 1.807) is 0 Å². The molecule has 32 heavy (non-hydrogen) atoms. The standard InChI is InChI=1S/C24H15Cl4NO2Si/c25-19-20(26)22(28)24(30)23(21(19)27)29-31-32(16-10-4-1-5-11-16,17-12-6-2-7-13-17)18-14-8-3-9-15-18/h1-15H. The summed E-state index contributed by atoms with van der Waals surface area (Å²) in [6, 6.07) is 29.4. The molecule has 0 aliphatic heterocycles. The maximum atomic E-state index is 12.8. The number of allylic oxidation sites excluding steroid dienone is 4. The monoisotopic (exact) mass is 517 g/mol. The van der Waals surface area contributed by atoms with E-state index in [2.05, 4.69) is 5.16 Å². The number of rotatable bonds is 5. The van der Waals surface area contributed by atoms with E-state index in [9.17, 15) is 4.79 Å². The molecule has 1 aliphatic rings. The molecule has 0 saturated heterocycles. The van der Waals surface area contributed by atoms with Crippen LogP contribution in [-0.2, 0) is 9.32 Å². The molecule has 0 amide bonds. The molecule has 0 atom stereocenters. The van der Waals surface area contributed by atoms with Crippen molar-refractivity contribution in [3.63, 3.8) is 0 Å². The van der Waals surface area contributed by atoms with Gasteiger partial charge in [0.1, 0.15) is 5.03 Å². The summed E-state index contributed by atoms with van der Waals surface area (Å²) in [6.07, 6.45) is 0. The first-order valence-corrected chi connectivity index (χ1v) is 13.0. The smallest absolute Gasteiger partial charge is 0.380 e. The van der Waals surface area contributed by atoms with Crippen LogP contribution in [0.25, 0.3) is 0 Å². The van der Waals surface area contributed by atoms with Crippen molar-refractivity contribution in [2.75, 3.05) is 0 Å². The van der Waals surface area contributed by atoms with Crippen LogP contribution in [0.2, 0.25) is 0 Å². The number of hydrogen-bond donors (Lipinski definition) is 0. The first-order valence-electron chi connectivity index (χ1n) is 9.55. The molecule has 0 radical (unpaired) electrons. The Morgan fingerprint density at radius 1 is 0.562 bits per heavy atom. The Morgan fingerprint density at radius 3 is 1.34 bits per heavy atom. The first kappa shape index (κ1) is 22.8. The van der Waals surface area contributed by atoms with Gasteiger partial charge in [0.15, 0.2) is 5.71 Å². The summed E-state index contributed by atoms with van der Waals surface area (Å²) in [6.45, 7) is 0. The number of hydrogen-bond acceptors (Lipinski definition) is 3. The van der Waals surface area contributed by atoms with Gasteiger partial charge in [0.05, 0.1) is 15.1 Å². The lowest BCUT2D eigenvalue weighted by Gasteiger charge is -2.30. The molecule has 4 rings (SSSR count). The molecule has 0 unspecified atom stereocenters. The molecule has 3 aromatic rings. The highest BCUT2D eigenvalue weighted by Gasteiger charge is 2.45. The van der Waals surface area contributed by atoms with Gasteiger partial charge in [-0.3, -0.25) is 4.79 Å². The molecule has 0 aromatic heterocycles. The average Bonchev–Trinajstić information content (AvgIpc) is 2.85. The third kappa shape index (κ3) is 4.05. The van der Waals surface area contributed by atoms with Crippen LogP contribution in [0.5, 0.6) is 0 Å². The zero-order valence-corrected chi connectivity index (χ0v) is 20.5. The van der Waals surface area contributed by atoms with Crippen LogP contribution in [0.15, 0.2) is 116 Å². The molecule has 0 fully saturated rings. The van der Waals surface area contributed by atoms with Gasteiger partial charge in [0, 0.05) is 0 Å². The Kier molecular flexibility index (Phi) is 6.89. The lowest BCUT2D eigenvalue weighted by Crippen LogP contribution is -2.68. The van der Waals surface area contributed by atoms with Crippen LogP contribution in [0.4, 0.5) is 0 Å². The van der Waals surface area contributed by atoms with E-state index in [1.807, 2.05) is 91.0 Å². The quantitative estimate of drug-likeness (QED) is 0.206. The number of oxime groups is 1. The highest BCUT2D eigenvalue weighted by Crippen LogP contribution is 2.36. The van der Waals surface area contributed by atoms with Crippen molar-refractivity contribution in [2.24, 2.45) is 5.16 Å². The number of Topliss-reactive ketones (excluding diaryl/α,β-unsaturated/α-hetero) is 1. The highest BCUT2D eigenvalue weighted by molar-refractivity contribution is 7.07. The van der Waals surface area contributed by atoms with Gasteiger partial charge in [0.2, 0.25) is 5.78 Å². The Labute approximate surface area is 206 Å². The fourth-order valence-electron chi connectivity index (χ4n) is 3.47. The first-order chi connectivity index (χ1) is 15.5. The second-order valence-electron chi connectivity index (χ2n) is 6.90. The molecule has 0 bridgehead atoms. The lowest BCUT2D eigenvalue weighted by atomic mass is 10.1. The third-order valence-electron chi connectivity index (χ3n) is 5.02. The minimum Gasteiger partial charge on any atom is -0.437 e. The molecule has 160 valence electrons. The minimum absolute atomic E-state index is 0.0494. The number of nitrogens with zero attached hydrogens (tertiary/aromatic N) is 1. The van der Waals surface area contributed by atoms with Gasteiger partial charge >= 0.3 is 8.32 Å². The van der Waals surface area contributed by atoms with Crippen molar-refractivity contribution in [2.45, 2.75) is 0 Å². The molecular weight excluding hydrogens is 504 g/mol. The van der Waals surface area contributed by atoms with Gasteiger partial charge in [0.25, 0.3) is 0 Å². The average molecular weight is 519 g/mol. The molecule has 1 aliphatic carbocycles. The summed E-state index contributed by atoms with van der Waals surface area (Å²) in [5.41, 5.74) is -0.189. The molecule has 8 heteroatoms. The number of ketones is 1. The van der Waals surface area contributed by atoms with Crippen molar-refractivity contribution < 1.29 is 9.32 Å². The van der Waals surface area contributed by atoms with Crippen LogP contribution >= 0.6 is 46.4 Å². The minimum atomic E-state index is -3.18. The fourth-order valence-corrected chi connectivity index (χ4v) is 7.86. The highest BCUT2D eigenvalue weighted by atomic mass is 35.5. The largest absolute Gasteiger partial charge is 0.437 e. The summed E-state index contributed by atoms with van der Waals surface area (Å²) < 4.78 is 6.40. The second kappa shape index (κ2) is 9.65. The predicted molar refractivity (Wildman–Crippen MR) is 135 cm³/mol. The van der Waals surface area contributed by atoms with E-state index in [-0.39, 0.29) is 25.8 Å². The third-order valence-corrected chi connectivity index (χ3v) is 10.6. The molecular formula is C24H15Cl4NO2Si. The van der Waals surface area contributed by atoms with E-state index >= 15 is 0 Å². The maximum absolute atomic E-state index is 12.8. The van der Waals surface area contributed by atoms with E-state index in [1.165, 1.54) is 0 Å². The molecule has 0 heterocycles. The Balaban J connectivity index is 1.96. The second-order valence-corrected chi connectivity index (χ2v) is 11.7. The molecule has 0 spiro atoms. The zero-order valence-electron chi connectivity index (χ0n) is 16.4. The van der Waals surface area contributed by atoms with Crippen molar-refractivity contribution in [1.82, 2.24) is 0 Å². The number of benzene rings is 3. The lowest BCUT2D eigenvalue weighted by molar-refractivity contribution is -0.109. The van der Waals surface area contributed by atoms with E-state index < -0.39 is 14.1 Å². The summed E-state index contributed by atoms with van der Waals surface area (Å²) in [5, 5.41) is 6.56. The number of halogens is 4. The SMILES string of the molecule is O=C1C(=NO[Si](c2ccccc2)(c2ccccc2)c2ccccc2)C(Cl)=C(Cl)C(Cl)=C1Cl. The van der Waals surface area contributed by atoms with Crippen LogP contribution in [0.1, 0.15) is 0 Å². The van der Waals surface area contributed by atoms with Crippen LogP contribution in [0.3, 0.4) is 0 Å². The van der Waals surface area contributed by atoms with Gasteiger partial charge in [-0.2, -0.15) is 0 Å². The Hall–Kier alpha value is -2.34. The van der Waals surface area contributed by atoms with Crippen LogP contribution < -0.4 is 15.6 Å². The molecule has 3 aromatic carbocycles. The van der Waals surface area contributed by atoms with Gasteiger partial charge < -0.3 is 4.53 Å². The van der Waals surface area contributed by atoms with E-state index in [4.69, 9.17) is 50.9 Å². The maximum Gasteiger partial charge on any atom is 0.380 e. The van der Waals surface area contributed by atoms with Crippen LogP contribution in [-0.4, -0.2) is 19.8 Å². The van der Waals surface area contributed by atoms with Crippen molar-refractivity contribution >= 4 is 81.8 Å². The van der Waals surface area contributed by atoms with Crippen molar-refractivity contribution in [3.8, 4) is 0 Å². The van der Waals surface area contributed by atoms with Gasteiger partial charge in [-0.05, 0) is 15.6 Å². The normalized spacial score (nSPS) is 16.0. The van der Waals surface area contributed by atoms with E-state index in [0.717, 1.165) is 15.6 Å². The molecule has 0 saturated carbocycles. The zero-order chi connectivity index (χ0) is 22.7. The molecule has 0 N–H and O–H groups in total. The Bertz CT molecular complexity index is 1150. The predicted octanol–water partition coefficient (Wildman–Crippen LogP) is 4.99. The van der Waals surface area contributed by atoms with Gasteiger partial charge in [-0.1, -0.05) is 143 Å². The summed E-state index contributed by atoms with van der Waals surface area (Å²) >= 11 is 24.6. The van der Waals surface area contributed by atoms with Gasteiger partial charge in [-0.25, -0.2) is 0 Å². The van der Waals surface area contributed by atoms with Gasteiger partial charge in [-0.15, -0.1) is 0 Å². The Morgan fingerprint density at radius 2 is 0.938 bits per heavy atom. The fraction of sp³-hybridized carbons (Fsp3) is 0. The van der Waals surface area contributed by atoms with Crippen molar-refractivity contribution in [3.05, 3.63) is 111 Å². The topological polar surface area (TPSA) is 38.7 Å². The number of carbonyl (C=O) groups is 1. The van der Waals surface area contributed by atoms with Crippen molar-refractivity contribution in [1.29, 1.82) is 0 Å². The number of carbonyl (C=O) groups excluding carboxylic acids is 1. The summed E-state index contributed by atoms with van der Waals surface area (Å²) in [5.74, 6) is -0.650. The summed E-state index contributed by atoms with van der Waals surface area (Å²) in [7, 11) is -3.18. The molecule has 3 nitrogen and oxygen atoms in total. The summed E-state index contributed by atoms with van der Waals surface area (Å²) in [4.78, 5) is 12.8. The van der Waals surface area contributed by atoms with E-state index in [0.29, 0.717) is 0 Å².